The van der Waals surface area contributed by atoms with Gasteiger partial charge in [0.2, 0.25) is 5.91 Å². The van der Waals surface area contributed by atoms with Crippen molar-refractivity contribution in [2.45, 2.75) is 25.8 Å². The standard InChI is InChI=1S/C26H26FN3O2/c1-18-6-3-8-20(16-18)26(32)29(2)14-12-24(31)30-15-11-23-22(10-5-13-28-23)25(30)19-7-4-9-21(27)17-19/h3-10,13,16-17,25H,11-12,14-15H2,1-2H3. The van der Waals surface area contributed by atoms with Crippen molar-refractivity contribution in [2.24, 2.45) is 0 Å². The number of fused-ring (bicyclic) bond motifs is 1. The van der Waals surface area contributed by atoms with E-state index < -0.39 is 6.04 Å². The maximum absolute atomic E-state index is 14.0. The van der Waals surface area contributed by atoms with Crippen LogP contribution in [0.2, 0.25) is 0 Å². The molecule has 2 aromatic carbocycles. The van der Waals surface area contributed by atoms with Crippen LogP contribution in [0, 0.1) is 12.7 Å². The van der Waals surface area contributed by atoms with Gasteiger partial charge in [-0.1, -0.05) is 35.9 Å². The Balaban J connectivity index is 1.52. The van der Waals surface area contributed by atoms with Crippen molar-refractivity contribution in [1.29, 1.82) is 0 Å². The number of carbonyl (C=O) groups is 2. The maximum atomic E-state index is 14.0. The van der Waals surface area contributed by atoms with Crippen LogP contribution >= 0.6 is 0 Å². The van der Waals surface area contributed by atoms with E-state index in [1.54, 1.807) is 35.2 Å². The third-order valence-electron chi connectivity index (χ3n) is 5.88. The van der Waals surface area contributed by atoms with Crippen molar-refractivity contribution in [3.05, 3.63) is 101 Å². The van der Waals surface area contributed by atoms with Crippen LogP contribution in [0.15, 0.2) is 66.9 Å². The fourth-order valence-electron chi connectivity index (χ4n) is 4.24. The topological polar surface area (TPSA) is 53.5 Å². The molecule has 4 rings (SSSR count). The van der Waals surface area contributed by atoms with Crippen LogP contribution < -0.4 is 0 Å². The second-order valence-electron chi connectivity index (χ2n) is 8.18. The van der Waals surface area contributed by atoms with E-state index in [9.17, 15) is 14.0 Å². The Hall–Kier alpha value is -3.54. The number of nitrogens with zero attached hydrogens (tertiary/aromatic N) is 3. The highest BCUT2D eigenvalue weighted by Crippen LogP contribution is 2.35. The Morgan fingerprint density at radius 1 is 1.12 bits per heavy atom. The summed E-state index contributed by atoms with van der Waals surface area (Å²) >= 11 is 0. The lowest BCUT2D eigenvalue weighted by Gasteiger charge is -2.37. The van der Waals surface area contributed by atoms with Crippen molar-refractivity contribution in [3.63, 3.8) is 0 Å². The molecule has 32 heavy (non-hydrogen) atoms. The van der Waals surface area contributed by atoms with Gasteiger partial charge in [0.25, 0.3) is 5.91 Å². The SMILES string of the molecule is Cc1cccc(C(=O)N(C)CCC(=O)N2CCc3ncccc3C2c2cccc(F)c2)c1. The molecule has 2 amide bonds. The van der Waals surface area contributed by atoms with Crippen LogP contribution in [0.25, 0.3) is 0 Å². The van der Waals surface area contributed by atoms with Crippen molar-refractivity contribution in [1.82, 2.24) is 14.8 Å². The van der Waals surface area contributed by atoms with Crippen LogP contribution in [-0.2, 0) is 11.2 Å². The molecule has 1 aliphatic rings. The molecule has 1 unspecified atom stereocenters. The Morgan fingerprint density at radius 3 is 2.72 bits per heavy atom. The number of rotatable bonds is 5. The summed E-state index contributed by atoms with van der Waals surface area (Å²) in [5, 5.41) is 0. The highest BCUT2D eigenvalue weighted by molar-refractivity contribution is 5.94. The van der Waals surface area contributed by atoms with Gasteiger partial charge in [-0.2, -0.15) is 0 Å². The molecular weight excluding hydrogens is 405 g/mol. The number of carbonyl (C=O) groups excluding carboxylic acids is 2. The zero-order valence-corrected chi connectivity index (χ0v) is 18.3. The second-order valence-corrected chi connectivity index (χ2v) is 8.18. The molecule has 6 heteroatoms. The minimum atomic E-state index is -0.395. The Labute approximate surface area is 187 Å². The summed E-state index contributed by atoms with van der Waals surface area (Å²) < 4.78 is 14.0. The molecule has 1 atom stereocenters. The first-order valence-electron chi connectivity index (χ1n) is 10.7. The van der Waals surface area contributed by atoms with Gasteiger partial charge < -0.3 is 9.80 Å². The first-order valence-corrected chi connectivity index (χ1v) is 10.7. The van der Waals surface area contributed by atoms with Crippen LogP contribution in [0.5, 0.6) is 0 Å². The van der Waals surface area contributed by atoms with Gasteiger partial charge in [0.1, 0.15) is 5.82 Å². The molecule has 2 heterocycles. The molecule has 5 nitrogen and oxygen atoms in total. The summed E-state index contributed by atoms with van der Waals surface area (Å²) in [7, 11) is 1.71. The zero-order chi connectivity index (χ0) is 22.7. The fourth-order valence-corrected chi connectivity index (χ4v) is 4.24. The first kappa shape index (κ1) is 21.7. The number of halogens is 1. The van der Waals surface area contributed by atoms with Gasteiger partial charge in [0.05, 0.1) is 6.04 Å². The molecule has 0 N–H and O–H groups in total. The largest absolute Gasteiger partial charge is 0.341 e. The quantitative estimate of drug-likeness (QED) is 0.609. The van der Waals surface area contributed by atoms with Crippen molar-refractivity contribution >= 4 is 11.8 Å². The molecule has 1 aromatic heterocycles. The molecule has 3 aromatic rings. The van der Waals surface area contributed by atoms with Crippen molar-refractivity contribution in [3.8, 4) is 0 Å². The van der Waals surface area contributed by atoms with Gasteiger partial charge in [-0.3, -0.25) is 14.6 Å². The molecule has 0 saturated heterocycles. The summed E-state index contributed by atoms with van der Waals surface area (Å²) in [6, 6.07) is 17.2. The second kappa shape index (κ2) is 9.30. The monoisotopic (exact) mass is 431 g/mol. The van der Waals surface area contributed by atoms with E-state index in [-0.39, 0.29) is 24.1 Å². The Morgan fingerprint density at radius 2 is 1.94 bits per heavy atom. The van der Waals surface area contributed by atoms with Gasteiger partial charge in [-0.25, -0.2) is 4.39 Å². The number of pyridine rings is 1. The summed E-state index contributed by atoms with van der Waals surface area (Å²) in [6.45, 7) is 2.74. The summed E-state index contributed by atoms with van der Waals surface area (Å²) in [5.74, 6) is -0.525. The average molecular weight is 432 g/mol. The summed E-state index contributed by atoms with van der Waals surface area (Å²) in [6.07, 6.45) is 2.58. The minimum absolute atomic E-state index is 0.0716. The fraction of sp³-hybridized carbons (Fsp3) is 0.269. The highest BCUT2D eigenvalue weighted by Gasteiger charge is 2.32. The van der Waals surface area contributed by atoms with Gasteiger partial charge in [-0.15, -0.1) is 0 Å². The molecule has 0 fully saturated rings. The van der Waals surface area contributed by atoms with Crippen LogP contribution in [0.3, 0.4) is 0 Å². The molecule has 0 bridgehead atoms. The number of hydrogen-bond donors (Lipinski definition) is 0. The van der Waals surface area contributed by atoms with E-state index >= 15 is 0 Å². The van der Waals surface area contributed by atoms with Crippen molar-refractivity contribution < 1.29 is 14.0 Å². The van der Waals surface area contributed by atoms with Crippen LogP contribution in [0.4, 0.5) is 4.39 Å². The predicted octanol–water partition coefficient (Wildman–Crippen LogP) is 4.17. The number of aromatic nitrogens is 1. The van der Waals surface area contributed by atoms with Gasteiger partial charge in [0, 0.05) is 56.0 Å². The highest BCUT2D eigenvalue weighted by atomic mass is 19.1. The van der Waals surface area contributed by atoms with Crippen LogP contribution in [-0.4, -0.2) is 46.7 Å². The van der Waals surface area contributed by atoms with E-state index in [2.05, 4.69) is 4.98 Å². The number of hydrogen-bond acceptors (Lipinski definition) is 3. The smallest absolute Gasteiger partial charge is 0.253 e. The summed E-state index contributed by atoms with van der Waals surface area (Å²) in [5.41, 5.74) is 4.19. The molecule has 164 valence electrons. The van der Waals surface area contributed by atoms with E-state index in [0.29, 0.717) is 25.1 Å². The van der Waals surface area contributed by atoms with E-state index in [0.717, 1.165) is 22.4 Å². The molecule has 0 radical (unpaired) electrons. The van der Waals surface area contributed by atoms with Gasteiger partial charge in [0.15, 0.2) is 0 Å². The number of benzene rings is 2. The Bertz CT molecular complexity index is 1150. The van der Waals surface area contributed by atoms with Gasteiger partial charge >= 0.3 is 0 Å². The molecule has 1 aliphatic heterocycles. The average Bonchev–Trinajstić information content (AvgIpc) is 2.81. The first-order chi connectivity index (χ1) is 15.4. The van der Waals surface area contributed by atoms with E-state index in [1.807, 2.05) is 43.3 Å². The maximum Gasteiger partial charge on any atom is 0.253 e. The van der Waals surface area contributed by atoms with E-state index in [4.69, 9.17) is 0 Å². The third kappa shape index (κ3) is 4.54. The number of amides is 2. The molecular formula is C26H26FN3O2. The number of aryl methyl sites for hydroxylation is 1. The predicted molar refractivity (Wildman–Crippen MR) is 121 cm³/mol. The summed E-state index contributed by atoms with van der Waals surface area (Å²) in [4.78, 5) is 33.8. The Kier molecular flexibility index (Phi) is 6.30. The van der Waals surface area contributed by atoms with E-state index in [1.165, 1.54) is 12.1 Å². The lowest BCUT2D eigenvalue weighted by atomic mass is 9.91. The third-order valence-corrected chi connectivity index (χ3v) is 5.88. The van der Waals surface area contributed by atoms with Gasteiger partial charge in [-0.05, 0) is 42.8 Å². The molecule has 0 saturated carbocycles. The molecule has 0 aliphatic carbocycles. The normalized spacial score (nSPS) is 15.2. The minimum Gasteiger partial charge on any atom is -0.341 e. The lowest BCUT2D eigenvalue weighted by Crippen LogP contribution is -2.42. The lowest BCUT2D eigenvalue weighted by molar-refractivity contribution is -0.133. The molecule has 0 spiro atoms. The van der Waals surface area contributed by atoms with Crippen LogP contribution in [0.1, 0.15) is 45.2 Å². The van der Waals surface area contributed by atoms with Crippen molar-refractivity contribution in [2.75, 3.05) is 20.1 Å². The zero-order valence-electron chi connectivity index (χ0n) is 18.3.